The van der Waals surface area contributed by atoms with Gasteiger partial charge in [0.2, 0.25) is 0 Å². The van der Waals surface area contributed by atoms with Gasteiger partial charge in [-0.1, -0.05) is 24.3 Å². The second kappa shape index (κ2) is 9.30. The van der Waals surface area contributed by atoms with E-state index in [1.807, 2.05) is 41.3 Å². The zero-order chi connectivity index (χ0) is 22.1. The number of thiophene rings is 1. The van der Waals surface area contributed by atoms with Crippen LogP contribution in [0.25, 0.3) is 21.5 Å². The van der Waals surface area contributed by atoms with Crippen LogP contribution in [0.5, 0.6) is 0 Å². The number of rotatable bonds is 4. The van der Waals surface area contributed by atoms with Crippen molar-refractivity contribution in [3.05, 3.63) is 53.4 Å². The standard InChI is InChI=1S/C26H31N3O2S/c1-18-15-28(16-19(2)31-18)17-20-9-11-29(12-10-20)26(30)22-14-24(25-8-5-13-32-25)27-23-7-4-3-6-21(22)23/h3-8,13-14,18-20H,9-12,15-17H2,1-2H3. The quantitative estimate of drug-likeness (QED) is 0.567. The summed E-state index contributed by atoms with van der Waals surface area (Å²) < 4.78 is 5.88. The molecule has 168 valence electrons. The third kappa shape index (κ3) is 4.58. The fourth-order valence-electron chi connectivity index (χ4n) is 5.19. The molecule has 5 rings (SSSR count). The number of ether oxygens (including phenoxy) is 1. The Morgan fingerprint density at radius 2 is 1.84 bits per heavy atom. The second-order valence-corrected chi connectivity index (χ2v) is 10.2. The number of hydrogen-bond acceptors (Lipinski definition) is 5. The first kappa shape index (κ1) is 21.6. The van der Waals surface area contributed by atoms with Crippen molar-refractivity contribution >= 4 is 28.1 Å². The number of hydrogen-bond donors (Lipinski definition) is 0. The molecule has 3 aromatic rings. The smallest absolute Gasteiger partial charge is 0.254 e. The number of morpholine rings is 1. The fourth-order valence-corrected chi connectivity index (χ4v) is 5.88. The van der Waals surface area contributed by atoms with Crippen LogP contribution in [0.4, 0.5) is 0 Å². The lowest BCUT2D eigenvalue weighted by Crippen LogP contribution is -2.48. The Bertz CT molecular complexity index is 1070. The summed E-state index contributed by atoms with van der Waals surface area (Å²) in [4.78, 5) is 24.1. The van der Waals surface area contributed by atoms with E-state index in [1.54, 1.807) is 11.3 Å². The summed E-state index contributed by atoms with van der Waals surface area (Å²) in [5.41, 5.74) is 2.54. The van der Waals surface area contributed by atoms with E-state index < -0.39 is 0 Å². The highest BCUT2D eigenvalue weighted by Crippen LogP contribution is 2.30. The van der Waals surface area contributed by atoms with Crippen LogP contribution >= 0.6 is 11.3 Å². The number of pyridine rings is 1. The van der Waals surface area contributed by atoms with Crippen molar-refractivity contribution < 1.29 is 9.53 Å². The maximum absolute atomic E-state index is 13.6. The third-order valence-corrected chi connectivity index (χ3v) is 7.53. The van der Waals surface area contributed by atoms with Gasteiger partial charge in [0.05, 0.1) is 33.9 Å². The average Bonchev–Trinajstić information content (AvgIpc) is 3.33. The van der Waals surface area contributed by atoms with Gasteiger partial charge in [-0.3, -0.25) is 9.69 Å². The molecule has 0 N–H and O–H groups in total. The van der Waals surface area contributed by atoms with Crippen molar-refractivity contribution in [2.24, 2.45) is 5.92 Å². The van der Waals surface area contributed by atoms with Crippen LogP contribution in [-0.4, -0.2) is 65.6 Å². The van der Waals surface area contributed by atoms with Crippen LogP contribution in [0, 0.1) is 5.92 Å². The van der Waals surface area contributed by atoms with Gasteiger partial charge >= 0.3 is 0 Å². The molecular formula is C26H31N3O2S. The van der Waals surface area contributed by atoms with E-state index in [4.69, 9.17) is 9.72 Å². The minimum Gasteiger partial charge on any atom is -0.373 e. The zero-order valence-corrected chi connectivity index (χ0v) is 19.7. The number of carbonyl (C=O) groups is 1. The maximum atomic E-state index is 13.6. The van der Waals surface area contributed by atoms with Gasteiger partial charge < -0.3 is 9.64 Å². The normalized spacial score (nSPS) is 23.0. The number of benzene rings is 1. The van der Waals surface area contributed by atoms with E-state index in [-0.39, 0.29) is 5.91 Å². The molecule has 2 unspecified atom stereocenters. The molecule has 0 bridgehead atoms. The largest absolute Gasteiger partial charge is 0.373 e. The number of carbonyl (C=O) groups excluding carboxylic acids is 1. The topological polar surface area (TPSA) is 45.7 Å². The third-order valence-electron chi connectivity index (χ3n) is 6.63. The highest BCUT2D eigenvalue weighted by molar-refractivity contribution is 7.13. The Kier molecular flexibility index (Phi) is 6.26. The lowest BCUT2D eigenvalue weighted by molar-refractivity contribution is -0.0728. The molecule has 2 atom stereocenters. The maximum Gasteiger partial charge on any atom is 0.254 e. The first-order valence-corrected chi connectivity index (χ1v) is 12.6. The van der Waals surface area contributed by atoms with E-state index in [0.717, 1.165) is 72.6 Å². The van der Waals surface area contributed by atoms with E-state index in [0.29, 0.717) is 18.1 Å². The summed E-state index contributed by atoms with van der Waals surface area (Å²) in [6.45, 7) is 9.10. The Labute approximate surface area is 194 Å². The zero-order valence-electron chi connectivity index (χ0n) is 18.9. The minimum atomic E-state index is 0.133. The average molecular weight is 450 g/mol. The Morgan fingerprint density at radius 1 is 1.09 bits per heavy atom. The van der Waals surface area contributed by atoms with Crippen molar-refractivity contribution in [1.29, 1.82) is 0 Å². The molecule has 5 nitrogen and oxygen atoms in total. The molecular weight excluding hydrogens is 418 g/mol. The molecule has 0 saturated carbocycles. The lowest BCUT2D eigenvalue weighted by Gasteiger charge is -2.39. The van der Waals surface area contributed by atoms with Gasteiger partial charge in [0, 0.05) is 38.1 Å². The number of piperidine rings is 1. The molecule has 2 aliphatic heterocycles. The monoisotopic (exact) mass is 449 g/mol. The summed E-state index contributed by atoms with van der Waals surface area (Å²) in [6.07, 6.45) is 2.73. The molecule has 2 aromatic heterocycles. The molecule has 32 heavy (non-hydrogen) atoms. The second-order valence-electron chi connectivity index (χ2n) is 9.26. The van der Waals surface area contributed by atoms with Gasteiger partial charge in [-0.25, -0.2) is 4.98 Å². The van der Waals surface area contributed by atoms with Gasteiger partial charge in [-0.15, -0.1) is 11.3 Å². The molecule has 6 heteroatoms. The number of likely N-dealkylation sites (tertiary alicyclic amines) is 1. The van der Waals surface area contributed by atoms with Crippen LogP contribution in [0.2, 0.25) is 0 Å². The predicted molar refractivity (Wildman–Crippen MR) is 130 cm³/mol. The summed E-state index contributed by atoms with van der Waals surface area (Å²) in [6, 6.07) is 14.1. The predicted octanol–water partition coefficient (Wildman–Crippen LogP) is 4.92. The molecule has 2 fully saturated rings. The summed E-state index contributed by atoms with van der Waals surface area (Å²) in [5, 5.41) is 2.99. The SMILES string of the molecule is CC1CN(CC2CCN(C(=O)c3cc(-c4cccs4)nc4ccccc34)CC2)CC(C)O1. The van der Waals surface area contributed by atoms with Gasteiger partial charge in [-0.2, -0.15) is 0 Å². The molecule has 1 aromatic carbocycles. The van der Waals surface area contributed by atoms with Crippen LogP contribution in [0.15, 0.2) is 47.8 Å². The Morgan fingerprint density at radius 3 is 2.56 bits per heavy atom. The number of fused-ring (bicyclic) bond motifs is 1. The van der Waals surface area contributed by atoms with Crippen LogP contribution in [0.3, 0.4) is 0 Å². The van der Waals surface area contributed by atoms with E-state index in [9.17, 15) is 4.79 Å². The van der Waals surface area contributed by atoms with Crippen molar-refractivity contribution in [3.8, 4) is 10.6 Å². The highest BCUT2D eigenvalue weighted by atomic mass is 32.1. The van der Waals surface area contributed by atoms with Crippen LogP contribution in [0.1, 0.15) is 37.0 Å². The van der Waals surface area contributed by atoms with Gasteiger partial charge in [0.1, 0.15) is 0 Å². The van der Waals surface area contributed by atoms with Crippen molar-refractivity contribution in [1.82, 2.24) is 14.8 Å². The first-order chi connectivity index (χ1) is 15.6. The molecule has 1 amide bonds. The number of nitrogens with zero attached hydrogens (tertiary/aromatic N) is 3. The van der Waals surface area contributed by atoms with Crippen molar-refractivity contribution in [2.75, 3.05) is 32.7 Å². The lowest BCUT2D eigenvalue weighted by atomic mass is 9.94. The summed E-state index contributed by atoms with van der Waals surface area (Å²) in [7, 11) is 0. The van der Waals surface area contributed by atoms with E-state index in [1.165, 1.54) is 0 Å². The number of amides is 1. The Hall–Kier alpha value is -2.28. The van der Waals surface area contributed by atoms with Gasteiger partial charge in [0.15, 0.2) is 0 Å². The van der Waals surface area contributed by atoms with Crippen molar-refractivity contribution in [2.45, 2.75) is 38.9 Å². The molecule has 4 heterocycles. The van der Waals surface area contributed by atoms with Gasteiger partial charge in [0.25, 0.3) is 5.91 Å². The number of para-hydroxylation sites is 1. The van der Waals surface area contributed by atoms with E-state index >= 15 is 0 Å². The number of aromatic nitrogens is 1. The Balaban J connectivity index is 1.30. The summed E-state index contributed by atoms with van der Waals surface area (Å²) in [5.74, 6) is 0.779. The van der Waals surface area contributed by atoms with E-state index in [2.05, 4.69) is 30.2 Å². The fraction of sp³-hybridized carbons (Fsp3) is 0.462. The molecule has 0 radical (unpaired) electrons. The van der Waals surface area contributed by atoms with Crippen molar-refractivity contribution in [3.63, 3.8) is 0 Å². The van der Waals surface area contributed by atoms with Gasteiger partial charge in [-0.05, 0) is 56.2 Å². The van der Waals surface area contributed by atoms with Crippen LogP contribution < -0.4 is 0 Å². The molecule has 2 aliphatic rings. The molecule has 0 aliphatic carbocycles. The molecule has 0 spiro atoms. The highest BCUT2D eigenvalue weighted by Gasteiger charge is 2.29. The van der Waals surface area contributed by atoms with Crippen LogP contribution in [-0.2, 0) is 4.74 Å². The molecule has 2 saturated heterocycles. The summed E-state index contributed by atoms with van der Waals surface area (Å²) >= 11 is 1.66. The minimum absolute atomic E-state index is 0.133. The first-order valence-electron chi connectivity index (χ1n) is 11.7.